The Labute approximate surface area is 137 Å². The predicted molar refractivity (Wildman–Crippen MR) is 95.1 cm³/mol. The molecule has 0 saturated carbocycles. The first-order valence-electron chi connectivity index (χ1n) is 7.87. The molecule has 0 radical (unpaired) electrons. The van der Waals surface area contributed by atoms with Crippen molar-refractivity contribution >= 4 is 17.0 Å². The van der Waals surface area contributed by atoms with Crippen LogP contribution >= 0.6 is 11.3 Å². The first kappa shape index (κ1) is 15.3. The highest BCUT2D eigenvalue weighted by atomic mass is 32.1. The van der Waals surface area contributed by atoms with Gasteiger partial charge in [-0.3, -0.25) is 0 Å². The van der Waals surface area contributed by atoms with E-state index in [0.29, 0.717) is 0 Å². The van der Waals surface area contributed by atoms with Crippen LogP contribution in [0.2, 0.25) is 0 Å². The van der Waals surface area contributed by atoms with Crippen LogP contribution < -0.4 is 0 Å². The van der Waals surface area contributed by atoms with E-state index in [1.54, 1.807) is 11.3 Å². The Morgan fingerprint density at radius 3 is 2.68 bits per heavy atom. The summed E-state index contributed by atoms with van der Waals surface area (Å²) in [7, 11) is 0. The predicted octanol–water partition coefficient (Wildman–Crippen LogP) is 4.59. The van der Waals surface area contributed by atoms with Crippen LogP contribution in [-0.4, -0.2) is 23.0 Å². The molecule has 1 aliphatic heterocycles. The SMILES string of the molecule is C=C(c1nccs1)N1CC(Cc2ccccc2C(C)(C)C)C1. The molecule has 3 heteroatoms. The van der Waals surface area contributed by atoms with Gasteiger partial charge in [0.1, 0.15) is 5.01 Å². The van der Waals surface area contributed by atoms with Gasteiger partial charge in [0.25, 0.3) is 0 Å². The minimum atomic E-state index is 0.213. The summed E-state index contributed by atoms with van der Waals surface area (Å²) in [5.41, 5.74) is 4.27. The van der Waals surface area contributed by atoms with E-state index < -0.39 is 0 Å². The second-order valence-electron chi connectivity index (χ2n) is 7.17. The van der Waals surface area contributed by atoms with Crippen LogP contribution in [0.5, 0.6) is 0 Å². The third kappa shape index (κ3) is 3.09. The van der Waals surface area contributed by atoms with Crippen LogP contribution in [0.15, 0.2) is 42.4 Å². The molecule has 1 aromatic carbocycles. The lowest BCUT2D eigenvalue weighted by Gasteiger charge is -2.42. The Morgan fingerprint density at radius 2 is 2.05 bits per heavy atom. The summed E-state index contributed by atoms with van der Waals surface area (Å²) in [5.74, 6) is 0.722. The van der Waals surface area contributed by atoms with Gasteiger partial charge in [-0.2, -0.15) is 0 Å². The fraction of sp³-hybridized carbons (Fsp3) is 0.421. The summed E-state index contributed by atoms with van der Waals surface area (Å²) in [6, 6.07) is 8.89. The average molecular weight is 312 g/mol. The van der Waals surface area contributed by atoms with E-state index >= 15 is 0 Å². The fourth-order valence-corrected chi connectivity index (χ4v) is 3.80. The number of likely N-dealkylation sites (tertiary alicyclic amines) is 1. The quantitative estimate of drug-likeness (QED) is 0.821. The number of hydrogen-bond acceptors (Lipinski definition) is 3. The zero-order valence-electron chi connectivity index (χ0n) is 13.7. The second kappa shape index (κ2) is 5.88. The van der Waals surface area contributed by atoms with E-state index in [0.717, 1.165) is 36.1 Å². The van der Waals surface area contributed by atoms with Crippen molar-refractivity contribution < 1.29 is 0 Å². The molecule has 0 amide bonds. The van der Waals surface area contributed by atoms with E-state index in [9.17, 15) is 0 Å². The van der Waals surface area contributed by atoms with Gasteiger partial charge in [0.15, 0.2) is 0 Å². The van der Waals surface area contributed by atoms with Crippen molar-refractivity contribution in [2.24, 2.45) is 5.92 Å². The summed E-state index contributed by atoms with van der Waals surface area (Å²) in [5, 5.41) is 3.06. The molecular formula is C19H24N2S. The molecule has 1 fully saturated rings. The minimum absolute atomic E-state index is 0.213. The molecule has 0 N–H and O–H groups in total. The van der Waals surface area contributed by atoms with Crippen LogP contribution in [0, 0.1) is 5.92 Å². The van der Waals surface area contributed by atoms with Crippen LogP contribution in [-0.2, 0) is 11.8 Å². The average Bonchev–Trinajstić information content (AvgIpc) is 2.95. The van der Waals surface area contributed by atoms with Crippen LogP contribution in [0.4, 0.5) is 0 Å². The van der Waals surface area contributed by atoms with Gasteiger partial charge in [-0.1, -0.05) is 51.6 Å². The van der Waals surface area contributed by atoms with E-state index in [4.69, 9.17) is 0 Å². The number of thiazole rings is 1. The molecule has 116 valence electrons. The largest absolute Gasteiger partial charge is 0.369 e. The van der Waals surface area contributed by atoms with Crippen LogP contribution in [0.25, 0.3) is 5.70 Å². The van der Waals surface area contributed by atoms with Crippen molar-refractivity contribution in [1.29, 1.82) is 0 Å². The number of hydrogen-bond donors (Lipinski definition) is 0. The van der Waals surface area contributed by atoms with Gasteiger partial charge in [-0.25, -0.2) is 4.98 Å². The molecule has 0 bridgehead atoms. The van der Waals surface area contributed by atoms with E-state index in [1.165, 1.54) is 11.1 Å². The highest BCUT2D eigenvalue weighted by Crippen LogP contribution is 2.32. The normalized spacial score (nSPS) is 15.7. The summed E-state index contributed by atoms with van der Waals surface area (Å²) < 4.78 is 0. The third-order valence-electron chi connectivity index (χ3n) is 4.35. The lowest BCUT2D eigenvalue weighted by molar-refractivity contribution is 0.174. The van der Waals surface area contributed by atoms with Gasteiger partial charge in [0.05, 0.1) is 5.70 Å². The summed E-state index contributed by atoms with van der Waals surface area (Å²) >= 11 is 1.67. The van der Waals surface area contributed by atoms with Gasteiger partial charge >= 0.3 is 0 Å². The first-order chi connectivity index (χ1) is 10.4. The van der Waals surface area contributed by atoms with Crippen molar-refractivity contribution in [3.63, 3.8) is 0 Å². The van der Waals surface area contributed by atoms with Crippen molar-refractivity contribution in [3.05, 3.63) is 58.6 Å². The van der Waals surface area contributed by atoms with Gasteiger partial charge in [-0.15, -0.1) is 11.3 Å². The number of nitrogens with zero attached hydrogens (tertiary/aromatic N) is 2. The zero-order valence-corrected chi connectivity index (χ0v) is 14.5. The molecule has 2 aromatic rings. The van der Waals surface area contributed by atoms with Gasteiger partial charge < -0.3 is 4.90 Å². The molecule has 22 heavy (non-hydrogen) atoms. The number of benzene rings is 1. The molecule has 0 atom stereocenters. The maximum Gasteiger partial charge on any atom is 0.138 e. The van der Waals surface area contributed by atoms with Crippen molar-refractivity contribution in [2.75, 3.05) is 13.1 Å². The molecule has 1 aromatic heterocycles. The van der Waals surface area contributed by atoms with Crippen LogP contribution in [0.1, 0.15) is 36.9 Å². The molecule has 2 nitrogen and oxygen atoms in total. The van der Waals surface area contributed by atoms with E-state index in [2.05, 4.69) is 61.5 Å². The molecule has 1 saturated heterocycles. The maximum atomic E-state index is 4.35. The summed E-state index contributed by atoms with van der Waals surface area (Å²) in [4.78, 5) is 6.70. The topological polar surface area (TPSA) is 16.1 Å². The highest BCUT2D eigenvalue weighted by Gasteiger charge is 2.30. The summed E-state index contributed by atoms with van der Waals surface area (Å²) in [6.45, 7) is 13.3. The molecule has 0 spiro atoms. The van der Waals surface area contributed by atoms with Crippen LogP contribution in [0.3, 0.4) is 0 Å². The zero-order chi connectivity index (χ0) is 15.7. The van der Waals surface area contributed by atoms with E-state index in [1.807, 2.05) is 11.6 Å². The monoisotopic (exact) mass is 312 g/mol. The Bertz CT molecular complexity index is 646. The van der Waals surface area contributed by atoms with Crippen molar-refractivity contribution in [2.45, 2.75) is 32.6 Å². The third-order valence-corrected chi connectivity index (χ3v) is 5.17. The molecule has 0 aliphatic carbocycles. The van der Waals surface area contributed by atoms with E-state index in [-0.39, 0.29) is 5.41 Å². The number of aromatic nitrogens is 1. The Morgan fingerprint density at radius 1 is 1.32 bits per heavy atom. The van der Waals surface area contributed by atoms with Crippen molar-refractivity contribution in [3.8, 4) is 0 Å². The molecule has 0 unspecified atom stereocenters. The Hall–Kier alpha value is -1.61. The lowest BCUT2D eigenvalue weighted by atomic mass is 9.80. The molecule has 2 heterocycles. The lowest BCUT2D eigenvalue weighted by Crippen LogP contribution is -2.46. The smallest absolute Gasteiger partial charge is 0.138 e. The van der Waals surface area contributed by atoms with Gasteiger partial charge in [-0.05, 0) is 28.9 Å². The molecule has 3 rings (SSSR count). The minimum Gasteiger partial charge on any atom is -0.369 e. The van der Waals surface area contributed by atoms with Gasteiger partial charge in [0.2, 0.25) is 0 Å². The second-order valence-corrected chi connectivity index (χ2v) is 8.06. The van der Waals surface area contributed by atoms with Gasteiger partial charge in [0, 0.05) is 24.7 Å². The fourth-order valence-electron chi connectivity index (χ4n) is 3.16. The number of rotatable bonds is 4. The highest BCUT2D eigenvalue weighted by molar-refractivity contribution is 7.10. The summed E-state index contributed by atoms with van der Waals surface area (Å²) in [6.07, 6.45) is 3.01. The van der Waals surface area contributed by atoms with Crippen molar-refractivity contribution in [1.82, 2.24) is 9.88 Å². The first-order valence-corrected chi connectivity index (χ1v) is 8.75. The Kier molecular flexibility index (Phi) is 4.09. The molecule has 1 aliphatic rings. The Balaban J connectivity index is 1.62. The molecular weight excluding hydrogens is 288 g/mol. The standard InChI is InChI=1S/C19H24N2S/c1-14(18-20-9-10-22-18)21-12-15(13-21)11-16-7-5-6-8-17(16)19(2,3)4/h5-10,15H,1,11-13H2,2-4H3. The maximum absolute atomic E-state index is 4.35.